The lowest BCUT2D eigenvalue weighted by Crippen LogP contribution is -2.27. The van der Waals surface area contributed by atoms with Gasteiger partial charge in [-0.05, 0) is 44.4 Å². The molecule has 25 heavy (non-hydrogen) atoms. The summed E-state index contributed by atoms with van der Waals surface area (Å²) in [6.07, 6.45) is 5.25. The van der Waals surface area contributed by atoms with Crippen molar-refractivity contribution in [3.8, 4) is 0 Å². The number of aromatic amines is 1. The molecule has 0 aliphatic heterocycles. The summed E-state index contributed by atoms with van der Waals surface area (Å²) in [7, 11) is 0. The zero-order valence-corrected chi connectivity index (χ0v) is 13.8. The molecule has 5 rings (SSSR count). The van der Waals surface area contributed by atoms with Crippen LogP contribution in [-0.2, 0) is 0 Å². The maximum absolute atomic E-state index is 5.56. The van der Waals surface area contributed by atoms with Crippen molar-refractivity contribution in [2.75, 3.05) is 10.6 Å². The van der Waals surface area contributed by atoms with E-state index in [1.54, 1.807) is 6.26 Å². The van der Waals surface area contributed by atoms with Gasteiger partial charge in [-0.2, -0.15) is 10.1 Å². The van der Waals surface area contributed by atoms with Gasteiger partial charge in [0, 0.05) is 23.2 Å². The van der Waals surface area contributed by atoms with E-state index >= 15 is 0 Å². The van der Waals surface area contributed by atoms with Gasteiger partial charge in [0.1, 0.15) is 5.52 Å². The third-order valence-electron chi connectivity index (χ3n) is 4.76. The largest absolute Gasteiger partial charge is 0.459 e. The smallest absolute Gasteiger partial charge is 0.229 e. The number of hydrogen-bond acceptors (Lipinski definition) is 6. The number of furan rings is 1. The Hall–Kier alpha value is -3.09. The van der Waals surface area contributed by atoms with Gasteiger partial charge in [-0.15, -0.1) is 0 Å². The summed E-state index contributed by atoms with van der Waals surface area (Å²) in [5.41, 5.74) is 4.38. The van der Waals surface area contributed by atoms with Crippen molar-refractivity contribution in [3.05, 3.63) is 36.2 Å². The van der Waals surface area contributed by atoms with Gasteiger partial charge in [-0.3, -0.25) is 5.10 Å². The number of rotatable bonds is 4. The standard InChI is InChI=1S/C18H18N6O/c1-10-13-6-5-12(9-15(13)24-23-10)20-18-21-14-7-8-25-16(14)17(22-18)19-11-3-2-4-11/h5-9,11H,2-4H2,1H3,(H,23,24)(H2,19,20,21,22). The van der Waals surface area contributed by atoms with Gasteiger partial charge in [0.15, 0.2) is 11.4 Å². The highest BCUT2D eigenvalue weighted by Crippen LogP contribution is 2.29. The second-order valence-electron chi connectivity index (χ2n) is 6.50. The molecule has 7 heteroatoms. The molecule has 1 aliphatic carbocycles. The van der Waals surface area contributed by atoms with E-state index in [4.69, 9.17) is 4.42 Å². The number of fused-ring (bicyclic) bond motifs is 2. The van der Waals surface area contributed by atoms with Crippen molar-refractivity contribution in [3.63, 3.8) is 0 Å². The molecule has 1 aromatic carbocycles. The molecule has 0 saturated heterocycles. The molecule has 4 aromatic rings. The minimum atomic E-state index is 0.473. The Labute approximate surface area is 143 Å². The van der Waals surface area contributed by atoms with Crippen LogP contribution in [0.25, 0.3) is 22.0 Å². The maximum Gasteiger partial charge on any atom is 0.229 e. The van der Waals surface area contributed by atoms with E-state index in [1.807, 2.05) is 31.2 Å². The molecule has 1 saturated carbocycles. The van der Waals surface area contributed by atoms with Crippen molar-refractivity contribution in [2.45, 2.75) is 32.2 Å². The Morgan fingerprint density at radius 1 is 1.20 bits per heavy atom. The third kappa shape index (κ3) is 2.48. The number of nitrogens with one attached hydrogen (secondary N) is 3. The molecule has 1 aliphatic rings. The van der Waals surface area contributed by atoms with Crippen LogP contribution in [0.4, 0.5) is 17.5 Å². The first-order valence-corrected chi connectivity index (χ1v) is 8.50. The van der Waals surface area contributed by atoms with Crippen molar-refractivity contribution in [2.24, 2.45) is 0 Å². The van der Waals surface area contributed by atoms with Crippen molar-refractivity contribution < 1.29 is 4.42 Å². The van der Waals surface area contributed by atoms with E-state index in [0.717, 1.165) is 33.6 Å². The van der Waals surface area contributed by atoms with Crippen LogP contribution in [-0.4, -0.2) is 26.2 Å². The Bertz CT molecular complexity index is 1060. The van der Waals surface area contributed by atoms with Crippen molar-refractivity contribution in [1.29, 1.82) is 0 Å². The fourth-order valence-corrected chi connectivity index (χ4v) is 3.13. The summed E-state index contributed by atoms with van der Waals surface area (Å²) in [5, 5.41) is 15.1. The first kappa shape index (κ1) is 14.3. The highest BCUT2D eigenvalue weighted by atomic mass is 16.3. The van der Waals surface area contributed by atoms with E-state index in [-0.39, 0.29) is 0 Å². The summed E-state index contributed by atoms with van der Waals surface area (Å²) >= 11 is 0. The number of benzene rings is 1. The number of H-pyrrole nitrogens is 1. The molecule has 126 valence electrons. The van der Waals surface area contributed by atoms with E-state index in [2.05, 4.69) is 30.8 Å². The molecule has 3 aromatic heterocycles. The lowest BCUT2D eigenvalue weighted by molar-refractivity contribution is 0.444. The highest BCUT2D eigenvalue weighted by Gasteiger charge is 2.20. The Morgan fingerprint density at radius 3 is 2.96 bits per heavy atom. The fraction of sp³-hybridized carbons (Fsp3) is 0.278. The minimum Gasteiger partial charge on any atom is -0.459 e. The average molecular weight is 334 g/mol. The van der Waals surface area contributed by atoms with Gasteiger partial charge in [0.25, 0.3) is 0 Å². The zero-order valence-electron chi connectivity index (χ0n) is 13.8. The van der Waals surface area contributed by atoms with Gasteiger partial charge in [-0.25, -0.2) is 4.98 Å². The predicted octanol–water partition coefficient (Wildman–Crippen LogP) is 4.12. The molecule has 3 heterocycles. The molecule has 3 N–H and O–H groups in total. The number of nitrogens with zero attached hydrogens (tertiary/aromatic N) is 3. The zero-order chi connectivity index (χ0) is 16.8. The number of aromatic nitrogens is 4. The molecule has 0 radical (unpaired) electrons. The molecule has 0 atom stereocenters. The van der Waals surface area contributed by atoms with Gasteiger partial charge in [0.2, 0.25) is 5.95 Å². The van der Waals surface area contributed by atoms with Gasteiger partial charge >= 0.3 is 0 Å². The summed E-state index contributed by atoms with van der Waals surface area (Å²) in [6, 6.07) is 8.39. The summed E-state index contributed by atoms with van der Waals surface area (Å²) in [6.45, 7) is 1.99. The number of anilines is 3. The average Bonchev–Trinajstić information content (AvgIpc) is 3.18. The van der Waals surface area contributed by atoms with Crippen LogP contribution >= 0.6 is 0 Å². The normalized spacial score (nSPS) is 14.8. The SMILES string of the molecule is Cc1n[nH]c2cc(Nc3nc(NC4CCC4)c4occc4n3)ccc12. The van der Waals surface area contributed by atoms with Crippen LogP contribution < -0.4 is 10.6 Å². The lowest BCUT2D eigenvalue weighted by atomic mass is 9.93. The van der Waals surface area contributed by atoms with Gasteiger partial charge in [0.05, 0.1) is 17.5 Å². The van der Waals surface area contributed by atoms with Crippen LogP contribution in [0.3, 0.4) is 0 Å². The van der Waals surface area contributed by atoms with Gasteiger partial charge < -0.3 is 15.1 Å². The summed E-state index contributed by atoms with van der Waals surface area (Å²) in [4.78, 5) is 9.17. The van der Waals surface area contributed by atoms with E-state index in [1.165, 1.54) is 19.3 Å². The topological polar surface area (TPSA) is 91.7 Å². The fourth-order valence-electron chi connectivity index (χ4n) is 3.13. The Morgan fingerprint density at radius 2 is 2.12 bits per heavy atom. The third-order valence-corrected chi connectivity index (χ3v) is 4.76. The first-order valence-electron chi connectivity index (χ1n) is 8.50. The minimum absolute atomic E-state index is 0.473. The second-order valence-corrected chi connectivity index (χ2v) is 6.50. The Balaban J connectivity index is 1.50. The van der Waals surface area contributed by atoms with Crippen LogP contribution in [0.2, 0.25) is 0 Å². The molecular formula is C18H18N6O. The van der Waals surface area contributed by atoms with E-state index in [0.29, 0.717) is 17.6 Å². The highest BCUT2D eigenvalue weighted by molar-refractivity contribution is 5.87. The molecule has 0 spiro atoms. The quantitative estimate of drug-likeness (QED) is 0.520. The monoisotopic (exact) mass is 334 g/mol. The van der Waals surface area contributed by atoms with Gasteiger partial charge in [-0.1, -0.05) is 0 Å². The molecule has 1 fully saturated rings. The second kappa shape index (κ2) is 5.47. The first-order chi connectivity index (χ1) is 12.3. The summed E-state index contributed by atoms with van der Waals surface area (Å²) < 4.78 is 5.56. The summed E-state index contributed by atoms with van der Waals surface area (Å²) in [5.74, 6) is 1.30. The molecular weight excluding hydrogens is 316 g/mol. The van der Waals surface area contributed by atoms with Crippen molar-refractivity contribution in [1.82, 2.24) is 20.2 Å². The van der Waals surface area contributed by atoms with Crippen LogP contribution in [0, 0.1) is 6.92 Å². The van der Waals surface area contributed by atoms with Crippen LogP contribution in [0.15, 0.2) is 34.9 Å². The molecule has 7 nitrogen and oxygen atoms in total. The lowest BCUT2D eigenvalue weighted by Gasteiger charge is -2.26. The van der Waals surface area contributed by atoms with Crippen molar-refractivity contribution >= 4 is 39.5 Å². The number of hydrogen-bond donors (Lipinski definition) is 3. The Kier molecular flexibility index (Phi) is 3.12. The van der Waals surface area contributed by atoms with E-state index < -0.39 is 0 Å². The molecule has 0 unspecified atom stereocenters. The van der Waals surface area contributed by atoms with Crippen LogP contribution in [0.1, 0.15) is 25.0 Å². The predicted molar refractivity (Wildman–Crippen MR) is 97.2 cm³/mol. The maximum atomic E-state index is 5.56. The van der Waals surface area contributed by atoms with E-state index in [9.17, 15) is 0 Å². The number of aryl methyl sites for hydroxylation is 1. The van der Waals surface area contributed by atoms with Crippen LogP contribution in [0.5, 0.6) is 0 Å². The molecule has 0 amide bonds. The molecule has 0 bridgehead atoms.